The van der Waals surface area contributed by atoms with Gasteiger partial charge >= 0.3 is 0 Å². The second-order valence-electron chi connectivity index (χ2n) is 5.46. The molecule has 2 rings (SSSR count). The molecule has 2 aromatic carbocycles. The number of hydrogen-bond acceptors (Lipinski definition) is 1. The van der Waals surface area contributed by atoms with Crippen molar-refractivity contribution in [2.24, 2.45) is 5.92 Å². The van der Waals surface area contributed by atoms with Crippen molar-refractivity contribution in [2.75, 3.05) is 7.05 Å². The van der Waals surface area contributed by atoms with Crippen LogP contribution in [0.5, 0.6) is 0 Å². The van der Waals surface area contributed by atoms with Crippen LogP contribution in [0.2, 0.25) is 0 Å². The number of nitrogens with one attached hydrogen (secondary N) is 1. The van der Waals surface area contributed by atoms with Crippen molar-refractivity contribution in [2.45, 2.75) is 32.7 Å². The molecule has 0 saturated carbocycles. The highest BCUT2D eigenvalue weighted by molar-refractivity contribution is 5.85. The Kier molecular flexibility index (Phi) is 4.38. The first kappa shape index (κ1) is 13.1. The fourth-order valence-corrected chi connectivity index (χ4v) is 2.61. The van der Waals surface area contributed by atoms with Crippen molar-refractivity contribution >= 4 is 10.8 Å². The zero-order chi connectivity index (χ0) is 13.0. The summed E-state index contributed by atoms with van der Waals surface area (Å²) in [5.41, 5.74) is 1.45. The quantitative estimate of drug-likeness (QED) is 0.833. The molecule has 1 nitrogen and oxygen atoms in total. The third-order valence-corrected chi connectivity index (χ3v) is 3.51. The lowest BCUT2D eigenvalue weighted by Gasteiger charge is -2.19. The van der Waals surface area contributed by atoms with Gasteiger partial charge in [0.25, 0.3) is 0 Å². The maximum Gasteiger partial charge on any atom is 0.0107 e. The summed E-state index contributed by atoms with van der Waals surface area (Å²) in [4.78, 5) is 0. The van der Waals surface area contributed by atoms with E-state index in [9.17, 15) is 0 Å². The summed E-state index contributed by atoms with van der Waals surface area (Å²) < 4.78 is 0. The molecule has 18 heavy (non-hydrogen) atoms. The molecule has 0 saturated heterocycles. The van der Waals surface area contributed by atoms with Gasteiger partial charge in [0.1, 0.15) is 0 Å². The molecule has 0 heterocycles. The van der Waals surface area contributed by atoms with Crippen LogP contribution >= 0.6 is 0 Å². The minimum atomic E-state index is 0.566. The summed E-state index contributed by atoms with van der Waals surface area (Å²) in [6.07, 6.45) is 2.33. The first-order valence-electron chi connectivity index (χ1n) is 6.84. The Balaban J connectivity index is 2.25. The molecule has 96 valence electrons. The van der Waals surface area contributed by atoms with Crippen molar-refractivity contribution < 1.29 is 0 Å². The van der Waals surface area contributed by atoms with Crippen LogP contribution in [0.25, 0.3) is 10.8 Å². The standard InChI is InChI=1S/C17H23N/c1-13(2)11-16(18-3)12-15-9-6-8-14-7-4-5-10-17(14)15/h4-10,13,16,18H,11-12H2,1-3H3. The normalized spacial score (nSPS) is 13.1. The molecule has 1 unspecified atom stereocenters. The summed E-state index contributed by atoms with van der Waals surface area (Å²) in [5.74, 6) is 0.734. The van der Waals surface area contributed by atoms with E-state index in [1.54, 1.807) is 0 Å². The smallest absolute Gasteiger partial charge is 0.0107 e. The minimum Gasteiger partial charge on any atom is -0.317 e. The number of fused-ring (bicyclic) bond motifs is 1. The third-order valence-electron chi connectivity index (χ3n) is 3.51. The van der Waals surface area contributed by atoms with E-state index in [0.29, 0.717) is 6.04 Å². The Labute approximate surface area is 110 Å². The maximum absolute atomic E-state index is 3.45. The predicted octanol–water partition coefficient (Wildman–Crippen LogP) is 4.02. The van der Waals surface area contributed by atoms with Gasteiger partial charge in [0.15, 0.2) is 0 Å². The number of benzene rings is 2. The minimum absolute atomic E-state index is 0.566. The Morgan fingerprint density at radius 2 is 1.72 bits per heavy atom. The summed E-state index contributed by atoms with van der Waals surface area (Å²) in [6.45, 7) is 4.57. The highest BCUT2D eigenvalue weighted by Crippen LogP contribution is 2.21. The topological polar surface area (TPSA) is 12.0 Å². The van der Waals surface area contributed by atoms with Gasteiger partial charge in [0, 0.05) is 6.04 Å². The van der Waals surface area contributed by atoms with E-state index in [1.165, 1.54) is 22.8 Å². The third kappa shape index (κ3) is 3.11. The summed E-state index contributed by atoms with van der Waals surface area (Å²) in [5, 5.41) is 6.18. The molecular weight excluding hydrogens is 218 g/mol. The van der Waals surface area contributed by atoms with E-state index >= 15 is 0 Å². The van der Waals surface area contributed by atoms with Gasteiger partial charge in [0.05, 0.1) is 0 Å². The molecule has 0 amide bonds. The van der Waals surface area contributed by atoms with E-state index < -0.39 is 0 Å². The predicted molar refractivity (Wildman–Crippen MR) is 80.0 cm³/mol. The van der Waals surface area contributed by atoms with Crippen LogP contribution in [0.1, 0.15) is 25.8 Å². The molecule has 0 spiro atoms. The van der Waals surface area contributed by atoms with Gasteiger partial charge in [-0.05, 0) is 42.1 Å². The summed E-state index contributed by atoms with van der Waals surface area (Å²) >= 11 is 0. The molecular formula is C17H23N. The first-order chi connectivity index (χ1) is 8.70. The first-order valence-corrected chi connectivity index (χ1v) is 6.84. The molecule has 0 aliphatic rings. The Bertz CT molecular complexity index is 496. The lowest BCUT2D eigenvalue weighted by Crippen LogP contribution is -2.29. The zero-order valence-electron chi connectivity index (χ0n) is 11.6. The fourth-order valence-electron chi connectivity index (χ4n) is 2.61. The van der Waals surface area contributed by atoms with Crippen molar-refractivity contribution in [3.05, 3.63) is 48.0 Å². The van der Waals surface area contributed by atoms with Gasteiger partial charge in [-0.15, -0.1) is 0 Å². The second-order valence-corrected chi connectivity index (χ2v) is 5.46. The maximum atomic E-state index is 3.45. The van der Waals surface area contributed by atoms with Gasteiger partial charge < -0.3 is 5.32 Å². The van der Waals surface area contributed by atoms with E-state index in [0.717, 1.165) is 12.3 Å². The molecule has 0 aromatic heterocycles. The van der Waals surface area contributed by atoms with Gasteiger partial charge in [0.2, 0.25) is 0 Å². The van der Waals surface area contributed by atoms with E-state index in [-0.39, 0.29) is 0 Å². The average molecular weight is 241 g/mol. The number of rotatable bonds is 5. The SMILES string of the molecule is CNC(Cc1cccc2ccccc12)CC(C)C. The number of likely N-dealkylation sites (N-methyl/N-ethyl adjacent to an activating group) is 1. The summed E-state index contributed by atoms with van der Waals surface area (Å²) in [6, 6.07) is 15.8. The molecule has 0 aliphatic heterocycles. The van der Waals surface area contributed by atoms with Crippen LogP contribution in [0.15, 0.2) is 42.5 Å². The average Bonchev–Trinajstić information content (AvgIpc) is 2.38. The molecule has 1 heteroatoms. The van der Waals surface area contributed by atoms with Crippen LogP contribution in [0.4, 0.5) is 0 Å². The summed E-state index contributed by atoms with van der Waals surface area (Å²) in [7, 11) is 2.07. The lowest BCUT2D eigenvalue weighted by molar-refractivity contribution is 0.442. The largest absolute Gasteiger partial charge is 0.317 e. The van der Waals surface area contributed by atoms with Crippen molar-refractivity contribution in [1.29, 1.82) is 0 Å². The van der Waals surface area contributed by atoms with Crippen LogP contribution in [0, 0.1) is 5.92 Å². The van der Waals surface area contributed by atoms with Crippen LogP contribution < -0.4 is 5.32 Å². The molecule has 1 N–H and O–H groups in total. The van der Waals surface area contributed by atoms with Crippen LogP contribution in [-0.2, 0) is 6.42 Å². The highest BCUT2D eigenvalue weighted by Gasteiger charge is 2.11. The molecule has 0 aliphatic carbocycles. The monoisotopic (exact) mass is 241 g/mol. The highest BCUT2D eigenvalue weighted by atomic mass is 14.9. The fraction of sp³-hybridized carbons (Fsp3) is 0.412. The second kappa shape index (κ2) is 6.01. The lowest BCUT2D eigenvalue weighted by atomic mass is 9.94. The van der Waals surface area contributed by atoms with Crippen molar-refractivity contribution in [1.82, 2.24) is 5.32 Å². The number of hydrogen-bond donors (Lipinski definition) is 1. The van der Waals surface area contributed by atoms with Gasteiger partial charge in [-0.2, -0.15) is 0 Å². The van der Waals surface area contributed by atoms with Crippen LogP contribution in [0.3, 0.4) is 0 Å². The Hall–Kier alpha value is -1.34. The Morgan fingerprint density at radius 3 is 2.44 bits per heavy atom. The molecule has 2 aromatic rings. The van der Waals surface area contributed by atoms with E-state index in [1.807, 2.05) is 0 Å². The van der Waals surface area contributed by atoms with Gasteiger partial charge in [-0.25, -0.2) is 0 Å². The van der Waals surface area contributed by atoms with E-state index in [2.05, 4.69) is 68.7 Å². The van der Waals surface area contributed by atoms with Crippen molar-refractivity contribution in [3.8, 4) is 0 Å². The molecule has 0 fully saturated rings. The van der Waals surface area contributed by atoms with Crippen LogP contribution in [-0.4, -0.2) is 13.1 Å². The van der Waals surface area contributed by atoms with Gasteiger partial charge in [-0.3, -0.25) is 0 Å². The van der Waals surface area contributed by atoms with Crippen molar-refractivity contribution in [3.63, 3.8) is 0 Å². The molecule has 0 radical (unpaired) electrons. The zero-order valence-corrected chi connectivity index (χ0v) is 11.6. The molecule has 1 atom stereocenters. The molecule has 0 bridgehead atoms. The van der Waals surface area contributed by atoms with Gasteiger partial charge in [-0.1, -0.05) is 56.3 Å². The Morgan fingerprint density at radius 1 is 1.00 bits per heavy atom. The van der Waals surface area contributed by atoms with E-state index in [4.69, 9.17) is 0 Å².